The minimum Gasteiger partial charge on any atom is -0.355 e. The quantitative estimate of drug-likeness (QED) is 0.771. The van der Waals surface area contributed by atoms with Gasteiger partial charge in [0.05, 0.1) is 5.41 Å². The number of benzene rings is 2. The summed E-state index contributed by atoms with van der Waals surface area (Å²) in [4.78, 5) is 27.4. The number of amides is 2. The molecule has 2 atom stereocenters. The highest BCUT2D eigenvalue weighted by Gasteiger charge is 2.51. The molecule has 0 radical (unpaired) electrons. The largest absolute Gasteiger partial charge is 0.355 e. The van der Waals surface area contributed by atoms with Crippen LogP contribution < -0.4 is 10.6 Å². The Morgan fingerprint density at radius 2 is 1.68 bits per heavy atom. The normalized spacial score (nSPS) is 21.6. The number of hydrogen-bond donors (Lipinski definition) is 2. The van der Waals surface area contributed by atoms with Crippen LogP contribution in [-0.4, -0.2) is 48.9 Å². The molecule has 4 rings (SSSR count). The minimum absolute atomic E-state index is 0.0401. The molecule has 2 heterocycles. The Morgan fingerprint density at radius 3 is 2.29 bits per heavy atom. The van der Waals surface area contributed by atoms with Crippen LogP contribution >= 0.6 is 0 Å². The van der Waals surface area contributed by atoms with Crippen molar-refractivity contribution in [1.29, 1.82) is 0 Å². The molecule has 2 aromatic rings. The van der Waals surface area contributed by atoms with E-state index in [2.05, 4.69) is 15.5 Å². The molecule has 0 aromatic heterocycles. The van der Waals surface area contributed by atoms with Gasteiger partial charge in [0.2, 0.25) is 5.91 Å². The fourth-order valence-electron chi connectivity index (χ4n) is 4.91. The zero-order valence-corrected chi connectivity index (χ0v) is 17.5. The van der Waals surface area contributed by atoms with Crippen LogP contribution in [0.5, 0.6) is 0 Å². The second-order valence-electron chi connectivity index (χ2n) is 8.65. The lowest BCUT2D eigenvalue weighted by atomic mass is 9.68. The average molecular weight is 427 g/mol. The molecule has 2 aliphatic heterocycles. The molecule has 1 spiro atoms. The molecule has 0 aliphatic carbocycles. The van der Waals surface area contributed by atoms with E-state index in [1.165, 1.54) is 36.4 Å². The van der Waals surface area contributed by atoms with Gasteiger partial charge < -0.3 is 15.5 Å². The Labute approximate surface area is 180 Å². The van der Waals surface area contributed by atoms with Crippen LogP contribution in [0.4, 0.5) is 8.78 Å². The monoisotopic (exact) mass is 427 g/mol. The summed E-state index contributed by atoms with van der Waals surface area (Å²) in [5.74, 6) is -0.756. The van der Waals surface area contributed by atoms with Gasteiger partial charge in [-0.15, -0.1) is 0 Å². The van der Waals surface area contributed by atoms with Crippen molar-refractivity contribution in [3.63, 3.8) is 0 Å². The summed E-state index contributed by atoms with van der Waals surface area (Å²) in [6, 6.07) is 11.9. The Bertz CT molecular complexity index is 938. The lowest BCUT2D eigenvalue weighted by molar-refractivity contribution is -0.130. The summed E-state index contributed by atoms with van der Waals surface area (Å²) < 4.78 is 26.4. The highest BCUT2D eigenvalue weighted by atomic mass is 19.1. The highest BCUT2D eigenvalue weighted by molar-refractivity contribution is 5.94. The predicted molar refractivity (Wildman–Crippen MR) is 114 cm³/mol. The first-order valence-electron chi connectivity index (χ1n) is 10.7. The van der Waals surface area contributed by atoms with E-state index in [1.54, 1.807) is 12.1 Å². The first-order valence-corrected chi connectivity index (χ1v) is 10.7. The molecule has 2 saturated heterocycles. The molecule has 0 bridgehead atoms. The number of carbonyl (C=O) groups excluding carboxylic acids is 2. The summed E-state index contributed by atoms with van der Waals surface area (Å²) >= 11 is 0. The molecule has 5 nitrogen and oxygen atoms in total. The highest BCUT2D eigenvalue weighted by Crippen LogP contribution is 2.47. The lowest BCUT2D eigenvalue weighted by Gasteiger charge is -2.41. The van der Waals surface area contributed by atoms with Crippen LogP contribution in [0.3, 0.4) is 0 Å². The zero-order valence-electron chi connectivity index (χ0n) is 17.5. The van der Waals surface area contributed by atoms with Crippen molar-refractivity contribution < 1.29 is 18.4 Å². The molecular weight excluding hydrogens is 400 g/mol. The fraction of sp³-hybridized carbons (Fsp3) is 0.417. The van der Waals surface area contributed by atoms with E-state index < -0.39 is 5.41 Å². The third kappa shape index (κ3) is 4.46. The second kappa shape index (κ2) is 8.75. The fourth-order valence-corrected chi connectivity index (χ4v) is 4.91. The van der Waals surface area contributed by atoms with E-state index in [0.29, 0.717) is 18.7 Å². The lowest BCUT2D eigenvalue weighted by Crippen LogP contribution is -2.49. The van der Waals surface area contributed by atoms with Gasteiger partial charge in [0.15, 0.2) is 0 Å². The molecule has 2 aromatic carbocycles. The van der Waals surface area contributed by atoms with Crippen molar-refractivity contribution in [2.45, 2.75) is 31.7 Å². The Hall–Kier alpha value is -2.80. The van der Waals surface area contributed by atoms with Gasteiger partial charge in [0.25, 0.3) is 5.91 Å². The van der Waals surface area contributed by atoms with Gasteiger partial charge in [-0.2, -0.15) is 0 Å². The third-order valence-electron chi connectivity index (χ3n) is 6.62. The summed E-state index contributed by atoms with van der Waals surface area (Å²) in [6.07, 6.45) is 1.44. The van der Waals surface area contributed by atoms with Crippen molar-refractivity contribution in [1.82, 2.24) is 15.5 Å². The van der Waals surface area contributed by atoms with Crippen molar-refractivity contribution in [2.75, 3.05) is 26.2 Å². The topological polar surface area (TPSA) is 61.4 Å². The molecule has 2 aliphatic rings. The van der Waals surface area contributed by atoms with Gasteiger partial charge in [-0.3, -0.25) is 9.59 Å². The summed E-state index contributed by atoms with van der Waals surface area (Å²) in [6.45, 7) is 4.69. The van der Waals surface area contributed by atoms with E-state index in [0.717, 1.165) is 31.5 Å². The van der Waals surface area contributed by atoms with Crippen LogP contribution in [0.25, 0.3) is 0 Å². The Kier molecular flexibility index (Phi) is 6.05. The van der Waals surface area contributed by atoms with Crippen LogP contribution in [0, 0.1) is 17.0 Å². The third-order valence-corrected chi connectivity index (χ3v) is 6.62. The van der Waals surface area contributed by atoms with E-state index >= 15 is 0 Å². The smallest absolute Gasteiger partial charge is 0.251 e. The van der Waals surface area contributed by atoms with Gasteiger partial charge in [-0.05, 0) is 74.8 Å². The molecule has 31 heavy (non-hydrogen) atoms. The first-order chi connectivity index (χ1) is 14.9. The summed E-state index contributed by atoms with van der Waals surface area (Å²) in [5, 5.41) is 5.97. The maximum Gasteiger partial charge on any atom is 0.251 e. The molecule has 2 amide bonds. The number of hydrogen-bond acceptors (Lipinski definition) is 3. The van der Waals surface area contributed by atoms with Crippen LogP contribution in [0.15, 0.2) is 48.5 Å². The molecule has 164 valence electrons. The first kappa shape index (κ1) is 21.4. The van der Waals surface area contributed by atoms with Gasteiger partial charge in [-0.1, -0.05) is 12.1 Å². The van der Waals surface area contributed by atoms with E-state index in [9.17, 15) is 18.4 Å². The molecular formula is C24H27F2N3O2. The van der Waals surface area contributed by atoms with Gasteiger partial charge in [0, 0.05) is 30.6 Å². The maximum atomic E-state index is 13.3. The number of nitrogens with zero attached hydrogens (tertiary/aromatic N) is 1. The average Bonchev–Trinajstić information content (AvgIpc) is 3.06. The number of piperidine rings is 1. The predicted octanol–water partition coefficient (Wildman–Crippen LogP) is 3.08. The maximum absolute atomic E-state index is 13.3. The minimum atomic E-state index is -0.463. The number of nitrogens with one attached hydrogen (secondary N) is 2. The van der Waals surface area contributed by atoms with Crippen LogP contribution in [-0.2, 0) is 4.79 Å². The Balaban J connectivity index is 1.35. The SMILES string of the molecule is C[C@@H](CN1CCC2(CC1)C(=O)NC[C@H]2c1ccc(F)cc1)NC(=O)c1ccc(F)cc1. The van der Waals surface area contributed by atoms with Crippen molar-refractivity contribution >= 4 is 11.8 Å². The number of likely N-dealkylation sites (tertiary alicyclic amines) is 1. The summed E-state index contributed by atoms with van der Waals surface area (Å²) in [7, 11) is 0. The van der Waals surface area contributed by atoms with Crippen molar-refractivity contribution in [3.8, 4) is 0 Å². The zero-order chi connectivity index (χ0) is 22.0. The van der Waals surface area contributed by atoms with Crippen molar-refractivity contribution in [3.05, 3.63) is 71.3 Å². The van der Waals surface area contributed by atoms with Crippen LogP contribution in [0.1, 0.15) is 41.6 Å². The number of rotatable bonds is 5. The van der Waals surface area contributed by atoms with Crippen LogP contribution in [0.2, 0.25) is 0 Å². The summed E-state index contributed by atoms with van der Waals surface area (Å²) in [5.41, 5.74) is 0.957. The van der Waals surface area contributed by atoms with Gasteiger partial charge in [0.1, 0.15) is 11.6 Å². The van der Waals surface area contributed by atoms with Gasteiger partial charge >= 0.3 is 0 Å². The van der Waals surface area contributed by atoms with Crippen molar-refractivity contribution in [2.24, 2.45) is 5.41 Å². The number of halogens is 2. The van der Waals surface area contributed by atoms with E-state index in [-0.39, 0.29) is 35.4 Å². The Morgan fingerprint density at radius 1 is 1.10 bits per heavy atom. The molecule has 0 unspecified atom stereocenters. The molecule has 2 N–H and O–H groups in total. The number of carbonyl (C=O) groups is 2. The molecule has 7 heteroatoms. The standard InChI is InChI=1S/C24H27F2N3O2/c1-16(28-22(30)18-4-8-20(26)9-5-18)15-29-12-10-24(11-13-29)21(14-27-23(24)31)17-2-6-19(25)7-3-17/h2-9,16,21H,10-15H2,1H3,(H,27,31)(H,28,30)/t16-,21-/m0/s1. The van der Waals surface area contributed by atoms with E-state index in [1.807, 2.05) is 6.92 Å². The second-order valence-corrected chi connectivity index (χ2v) is 8.65. The molecule has 2 fully saturated rings. The van der Waals surface area contributed by atoms with Gasteiger partial charge in [-0.25, -0.2) is 8.78 Å². The molecule has 0 saturated carbocycles. The van der Waals surface area contributed by atoms with E-state index in [4.69, 9.17) is 0 Å².